The van der Waals surface area contributed by atoms with Gasteiger partial charge in [0.25, 0.3) is 0 Å². The zero-order chi connectivity index (χ0) is 14.4. The average Bonchev–Trinajstić information content (AvgIpc) is 2.27. The molecule has 0 aliphatic rings. The average molecular weight is 476 g/mol. The number of phenolic OH excluding ortho intramolecular Hbond substituents is 1. The Morgan fingerprint density at radius 1 is 1.16 bits per heavy atom. The zero-order valence-electron chi connectivity index (χ0n) is 9.02. The minimum absolute atomic E-state index is 0.0969. The number of hydrogen-bond donors (Lipinski definition) is 2. The topological polar surface area (TPSA) is 87.2 Å². The maximum atomic E-state index is 12.3. The molecule has 9 heteroatoms. The molecule has 0 radical (unpaired) electrons. The number of nitrogens with one attached hydrogen (secondary N) is 1. The van der Waals surface area contributed by atoms with Crippen LogP contribution in [0, 0.1) is 0 Å². The number of sulfone groups is 1. The highest BCUT2D eigenvalue weighted by atomic mass is 80.0. The van der Waals surface area contributed by atoms with Crippen molar-refractivity contribution < 1.29 is 13.5 Å². The van der Waals surface area contributed by atoms with Crippen LogP contribution < -0.4 is 5.56 Å². The Morgan fingerprint density at radius 2 is 1.79 bits per heavy atom. The molecule has 0 unspecified atom stereocenters. The van der Waals surface area contributed by atoms with Crippen LogP contribution in [-0.2, 0) is 9.84 Å². The number of rotatable bonds is 1. The number of halogens is 3. The zero-order valence-corrected chi connectivity index (χ0v) is 14.6. The Kier molecular flexibility index (Phi) is 3.85. The molecule has 0 saturated heterocycles. The summed E-state index contributed by atoms with van der Waals surface area (Å²) in [6, 6.07) is 5.38. The summed E-state index contributed by atoms with van der Waals surface area (Å²) in [5.41, 5.74) is -0.548. The van der Waals surface area contributed by atoms with Gasteiger partial charge in [-0.2, -0.15) is 0 Å². The van der Waals surface area contributed by atoms with Crippen LogP contribution >= 0.6 is 47.8 Å². The normalized spacial score (nSPS) is 12.8. The van der Waals surface area contributed by atoms with E-state index < -0.39 is 16.9 Å². The highest BCUT2D eigenvalue weighted by Crippen LogP contribution is 2.44. The van der Waals surface area contributed by atoms with E-state index in [4.69, 9.17) is 0 Å². The van der Waals surface area contributed by atoms with Gasteiger partial charge in [-0.3, -0.25) is 4.79 Å². The van der Waals surface area contributed by atoms with Crippen molar-refractivity contribution in [2.24, 2.45) is 0 Å². The second-order valence-electron chi connectivity index (χ2n) is 3.68. The molecule has 0 aliphatic carbocycles. The van der Waals surface area contributed by atoms with Gasteiger partial charge >= 0.3 is 0 Å². The molecule has 0 atom stereocenters. The highest BCUT2D eigenvalue weighted by molar-refractivity contribution is 9.42. The van der Waals surface area contributed by atoms with Gasteiger partial charge in [0.05, 0.1) is 0 Å². The molecule has 102 valence electrons. The van der Waals surface area contributed by atoms with E-state index in [1.165, 1.54) is 24.3 Å². The number of alkyl halides is 3. The number of fused-ring (bicyclic) bond motifs is 1. The summed E-state index contributed by atoms with van der Waals surface area (Å²) in [5.74, 6) is -0.0969. The molecule has 0 aliphatic heterocycles. The number of aromatic nitrogens is 1. The van der Waals surface area contributed by atoms with Crippen LogP contribution in [0.15, 0.2) is 34.1 Å². The second-order valence-corrected chi connectivity index (χ2v) is 14.0. The van der Waals surface area contributed by atoms with Gasteiger partial charge in [-0.1, -0.05) is 6.07 Å². The summed E-state index contributed by atoms with van der Waals surface area (Å²) in [5, 5.41) is 9.81. The molecule has 0 saturated carbocycles. The van der Waals surface area contributed by atoms with E-state index in [1.54, 1.807) is 0 Å². The van der Waals surface area contributed by atoms with Gasteiger partial charge < -0.3 is 10.1 Å². The molecule has 5 nitrogen and oxygen atoms in total. The van der Waals surface area contributed by atoms with Crippen LogP contribution in [0.3, 0.4) is 0 Å². The van der Waals surface area contributed by atoms with E-state index in [0.29, 0.717) is 5.39 Å². The highest BCUT2D eigenvalue weighted by Gasteiger charge is 2.39. The lowest BCUT2D eigenvalue weighted by atomic mass is 10.2. The number of hydrogen-bond acceptors (Lipinski definition) is 4. The Balaban J connectivity index is 2.95. The molecule has 1 aromatic carbocycles. The summed E-state index contributed by atoms with van der Waals surface area (Å²) < 4.78 is 23.1. The van der Waals surface area contributed by atoms with Crippen LogP contribution in [0.25, 0.3) is 10.8 Å². The molecule has 2 rings (SSSR count). The quantitative estimate of drug-likeness (QED) is 0.621. The smallest absolute Gasteiger partial charge is 0.249 e. The molecule has 0 amide bonds. The van der Waals surface area contributed by atoms with E-state index in [1.807, 2.05) is 0 Å². The lowest BCUT2D eigenvalue weighted by Crippen LogP contribution is -2.22. The predicted molar refractivity (Wildman–Crippen MR) is 82.9 cm³/mol. The third-order valence-electron chi connectivity index (χ3n) is 2.38. The Morgan fingerprint density at radius 3 is 2.37 bits per heavy atom. The van der Waals surface area contributed by atoms with Crippen molar-refractivity contribution in [1.82, 2.24) is 4.98 Å². The fourth-order valence-corrected chi connectivity index (χ4v) is 3.94. The summed E-state index contributed by atoms with van der Waals surface area (Å²) in [6.45, 7) is 0. The maximum absolute atomic E-state index is 12.3. The van der Waals surface area contributed by atoms with Crippen molar-refractivity contribution in [3.05, 3.63) is 34.6 Å². The van der Waals surface area contributed by atoms with E-state index >= 15 is 0 Å². The van der Waals surface area contributed by atoms with E-state index in [9.17, 15) is 18.3 Å². The number of phenols is 1. The van der Waals surface area contributed by atoms with Gasteiger partial charge in [0.15, 0.2) is 0 Å². The molecular weight excluding hydrogens is 470 g/mol. The molecule has 2 N–H and O–H groups in total. The van der Waals surface area contributed by atoms with Crippen molar-refractivity contribution in [1.29, 1.82) is 0 Å². The number of aromatic amines is 1. The van der Waals surface area contributed by atoms with Gasteiger partial charge in [0.2, 0.25) is 16.9 Å². The lowest BCUT2D eigenvalue weighted by molar-refractivity contribution is 0.476. The van der Waals surface area contributed by atoms with Gasteiger partial charge in [0.1, 0.15) is 10.8 Å². The maximum Gasteiger partial charge on any atom is 0.249 e. The molecular formula is C10H6Br3NO4S. The van der Waals surface area contributed by atoms with Crippen LogP contribution in [0.2, 0.25) is 0 Å². The van der Waals surface area contributed by atoms with Gasteiger partial charge in [-0.15, -0.1) is 0 Å². The van der Waals surface area contributed by atoms with Crippen LogP contribution in [0.5, 0.6) is 5.75 Å². The first kappa shape index (κ1) is 15.0. The summed E-state index contributed by atoms with van der Waals surface area (Å²) >= 11 is 8.78. The van der Waals surface area contributed by atoms with E-state index in [0.717, 1.165) is 0 Å². The molecule has 1 aromatic heterocycles. The van der Waals surface area contributed by atoms with Gasteiger partial charge in [-0.25, -0.2) is 8.42 Å². The molecule has 2 aromatic rings. The summed E-state index contributed by atoms with van der Waals surface area (Å²) in [6.07, 6.45) is 0. The fourth-order valence-electron chi connectivity index (χ4n) is 1.55. The molecule has 0 fully saturated rings. The van der Waals surface area contributed by atoms with Gasteiger partial charge in [-0.05, 0) is 65.3 Å². The predicted octanol–water partition coefficient (Wildman–Crippen LogP) is 2.80. The number of pyridine rings is 1. The fraction of sp³-hybridized carbons (Fsp3) is 0.100. The van der Waals surface area contributed by atoms with Crippen molar-refractivity contribution >= 4 is 68.4 Å². The van der Waals surface area contributed by atoms with Crippen LogP contribution in [0.4, 0.5) is 0 Å². The third-order valence-corrected chi connectivity index (χ3v) is 7.68. The van der Waals surface area contributed by atoms with Gasteiger partial charge in [0, 0.05) is 11.5 Å². The first-order chi connectivity index (χ1) is 8.63. The lowest BCUT2D eigenvalue weighted by Gasteiger charge is -2.15. The second kappa shape index (κ2) is 4.87. The largest absolute Gasteiger partial charge is 0.508 e. The first-order valence-corrected chi connectivity index (χ1v) is 8.66. The van der Waals surface area contributed by atoms with Crippen molar-refractivity contribution in [2.45, 2.75) is 6.50 Å². The van der Waals surface area contributed by atoms with Crippen molar-refractivity contribution in [2.75, 3.05) is 0 Å². The summed E-state index contributed by atoms with van der Waals surface area (Å²) in [4.78, 5) is 13.8. The Labute approximate surface area is 133 Å². The first-order valence-electron chi connectivity index (χ1n) is 4.80. The van der Waals surface area contributed by atoms with Crippen molar-refractivity contribution in [3.8, 4) is 5.75 Å². The molecule has 0 bridgehead atoms. The van der Waals surface area contributed by atoms with Crippen LogP contribution in [-0.4, -0.2) is 20.0 Å². The van der Waals surface area contributed by atoms with Crippen molar-refractivity contribution in [3.63, 3.8) is 0 Å². The monoisotopic (exact) mass is 473 g/mol. The summed E-state index contributed by atoms with van der Waals surface area (Å²) in [7, 11) is -3.96. The SMILES string of the molecule is O=c1cc2ccc(O)cc2c(S(=O)(=O)C(Br)(Br)Br)[nH]1. The standard InChI is InChI=1S/C10H6Br3NO4S/c11-10(12,13)19(17,18)9-7-4-6(15)2-1-5(7)3-8(16)14-9/h1-4,15H,(H,14,16). The number of aromatic hydroxyl groups is 1. The van der Waals surface area contributed by atoms with E-state index in [-0.39, 0.29) is 16.2 Å². The minimum atomic E-state index is -3.96. The van der Waals surface area contributed by atoms with E-state index in [2.05, 4.69) is 52.8 Å². The third kappa shape index (κ3) is 2.74. The molecule has 0 spiro atoms. The number of benzene rings is 1. The Bertz CT molecular complexity index is 808. The Hall–Kier alpha value is -0.380. The molecule has 1 heterocycles. The number of H-pyrrole nitrogens is 1. The van der Waals surface area contributed by atoms with Crippen LogP contribution in [0.1, 0.15) is 0 Å². The molecule has 19 heavy (non-hydrogen) atoms. The minimum Gasteiger partial charge on any atom is -0.508 e.